The number of Topliss-reactive ketones (excluding diaryl/α,β-unsaturated/α-hetero) is 1. The predicted molar refractivity (Wildman–Crippen MR) is 101 cm³/mol. The predicted octanol–water partition coefficient (Wildman–Crippen LogP) is 3.38. The summed E-state index contributed by atoms with van der Waals surface area (Å²) in [6, 6.07) is 14.8. The minimum absolute atomic E-state index is 0.100. The molecule has 0 saturated carbocycles. The average molecular weight is 386 g/mol. The van der Waals surface area contributed by atoms with Crippen LogP contribution in [0.5, 0.6) is 0 Å². The number of thiophene rings is 1. The first-order valence-corrected chi connectivity index (χ1v) is 9.60. The summed E-state index contributed by atoms with van der Waals surface area (Å²) in [4.78, 5) is 12.8. The summed E-state index contributed by atoms with van der Waals surface area (Å²) in [5.74, 6) is -0.816. The van der Waals surface area contributed by atoms with Gasteiger partial charge in [0.25, 0.3) is 0 Å². The van der Waals surface area contributed by atoms with Gasteiger partial charge in [0.15, 0.2) is 5.78 Å². The molecule has 1 aliphatic rings. The Morgan fingerprint density at radius 1 is 1.19 bits per heavy atom. The first kappa shape index (κ1) is 18.3. The summed E-state index contributed by atoms with van der Waals surface area (Å²) >= 11 is 1.63. The minimum atomic E-state index is -1.18. The quantitative estimate of drug-likeness (QED) is 0.721. The van der Waals surface area contributed by atoms with Gasteiger partial charge in [0.2, 0.25) is 0 Å². The van der Waals surface area contributed by atoms with Gasteiger partial charge in [0, 0.05) is 22.4 Å². The lowest BCUT2D eigenvalue weighted by Crippen LogP contribution is -2.43. The monoisotopic (exact) mass is 386 g/mol. The molecule has 1 aliphatic heterocycles. The molecule has 0 aliphatic carbocycles. The van der Waals surface area contributed by atoms with E-state index in [1.54, 1.807) is 23.5 Å². The summed E-state index contributed by atoms with van der Waals surface area (Å²) in [6.45, 7) is -0.484. The molecule has 27 heavy (non-hydrogen) atoms. The van der Waals surface area contributed by atoms with E-state index < -0.39 is 30.7 Å². The van der Waals surface area contributed by atoms with Crippen LogP contribution < -0.4 is 0 Å². The third kappa shape index (κ3) is 3.66. The van der Waals surface area contributed by atoms with Gasteiger partial charge in [-0.15, -0.1) is 11.3 Å². The highest BCUT2D eigenvalue weighted by Gasteiger charge is 2.36. The van der Waals surface area contributed by atoms with E-state index in [-0.39, 0.29) is 12.2 Å². The smallest absolute Gasteiger partial charge is 0.192 e. The highest BCUT2D eigenvalue weighted by Crippen LogP contribution is 2.32. The number of fused-ring (bicyclic) bond motifs is 1. The number of carbonyl (C=O) groups excluding carboxylic acids is 1. The number of benzene rings is 2. The van der Waals surface area contributed by atoms with Crippen molar-refractivity contribution in [2.75, 3.05) is 6.61 Å². The lowest BCUT2D eigenvalue weighted by molar-refractivity contribution is -0.161. The minimum Gasteiger partial charge on any atom is -0.393 e. The molecule has 2 N–H and O–H groups in total. The van der Waals surface area contributed by atoms with Crippen LogP contribution in [0.4, 0.5) is 4.39 Å². The van der Waals surface area contributed by atoms with Gasteiger partial charge >= 0.3 is 0 Å². The number of aliphatic hydroxyl groups is 2. The fourth-order valence-corrected chi connectivity index (χ4v) is 4.53. The van der Waals surface area contributed by atoms with Crippen LogP contribution in [0.25, 0.3) is 10.1 Å². The zero-order valence-electron chi connectivity index (χ0n) is 14.5. The number of halogens is 1. The number of ether oxygens (including phenoxy) is 1. The van der Waals surface area contributed by atoms with Crippen molar-refractivity contribution < 1.29 is 24.1 Å². The van der Waals surface area contributed by atoms with Gasteiger partial charge in [-0.05, 0) is 40.8 Å². The molecule has 3 aromatic rings. The molecular formula is C21H19FO4S. The van der Waals surface area contributed by atoms with Gasteiger partial charge in [-0.1, -0.05) is 24.3 Å². The fraction of sp³-hybridized carbons (Fsp3) is 0.286. The summed E-state index contributed by atoms with van der Waals surface area (Å²) in [6.07, 6.45) is -2.23. The van der Waals surface area contributed by atoms with Crippen LogP contribution >= 0.6 is 11.3 Å². The molecule has 140 valence electrons. The van der Waals surface area contributed by atoms with Gasteiger partial charge in [-0.25, -0.2) is 4.39 Å². The van der Waals surface area contributed by atoms with Gasteiger partial charge in [0.1, 0.15) is 18.0 Å². The molecular weight excluding hydrogens is 367 g/mol. The first-order valence-electron chi connectivity index (χ1n) is 8.79. The number of hydrogen-bond acceptors (Lipinski definition) is 5. The Kier molecular flexibility index (Phi) is 5.06. The summed E-state index contributed by atoms with van der Waals surface area (Å²) in [5, 5.41) is 20.4. The summed E-state index contributed by atoms with van der Waals surface area (Å²) in [5.41, 5.74) is 1.23. The van der Waals surface area contributed by atoms with Crippen molar-refractivity contribution in [3.8, 4) is 0 Å². The van der Waals surface area contributed by atoms with Crippen LogP contribution in [-0.2, 0) is 16.0 Å². The van der Waals surface area contributed by atoms with Gasteiger partial charge < -0.3 is 14.9 Å². The van der Waals surface area contributed by atoms with Crippen molar-refractivity contribution in [2.45, 2.75) is 31.2 Å². The molecule has 4 nitrogen and oxygen atoms in total. The first-order chi connectivity index (χ1) is 13.0. The highest BCUT2D eigenvalue weighted by atomic mass is 32.1. The standard InChI is InChI=1S/C21H19FO4S/c22-16-6-5-12(18-10-17(24)21(25)19(11-23)26-18)7-14(16)9-15-8-13-3-1-2-4-20(13)27-15/h1-8,17-19,23-24H,9-11H2/t17?,18-,19-/m1/s1. The van der Waals surface area contributed by atoms with Gasteiger partial charge in [-0.2, -0.15) is 0 Å². The van der Waals surface area contributed by atoms with Crippen molar-refractivity contribution in [2.24, 2.45) is 0 Å². The Bertz CT molecular complexity index is 950. The summed E-state index contributed by atoms with van der Waals surface area (Å²) < 4.78 is 21.2. The Morgan fingerprint density at radius 2 is 2.00 bits per heavy atom. The Hall–Kier alpha value is -2.12. The second-order valence-electron chi connectivity index (χ2n) is 6.73. The number of aliphatic hydroxyl groups excluding tert-OH is 2. The van der Waals surface area contributed by atoms with Crippen LogP contribution in [0, 0.1) is 5.82 Å². The maximum atomic E-state index is 14.4. The van der Waals surface area contributed by atoms with Crippen molar-refractivity contribution in [3.05, 3.63) is 70.4 Å². The topological polar surface area (TPSA) is 66.8 Å². The molecule has 3 atom stereocenters. The molecule has 0 amide bonds. The van der Waals surface area contributed by atoms with Crippen LogP contribution in [0.2, 0.25) is 0 Å². The normalized spacial score (nSPS) is 23.1. The maximum Gasteiger partial charge on any atom is 0.192 e. The Morgan fingerprint density at radius 3 is 2.78 bits per heavy atom. The molecule has 2 heterocycles. The van der Waals surface area contributed by atoms with Crippen LogP contribution in [0.3, 0.4) is 0 Å². The number of ketones is 1. The van der Waals surface area contributed by atoms with Crippen LogP contribution in [0.1, 0.15) is 28.5 Å². The zero-order chi connectivity index (χ0) is 19.0. The largest absolute Gasteiger partial charge is 0.393 e. The fourth-order valence-electron chi connectivity index (χ4n) is 3.44. The number of carbonyl (C=O) groups is 1. The van der Waals surface area contributed by atoms with E-state index in [0.29, 0.717) is 17.5 Å². The van der Waals surface area contributed by atoms with Crippen molar-refractivity contribution in [1.29, 1.82) is 0 Å². The Balaban J connectivity index is 1.60. The second-order valence-corrected chi connectivity index (χ2v) is 7.90. The van der Waals surface area contributed by atoms with Gasteiger partial charge in [0.05, 0.1) is 12.7 Å². The lowest BCUT2D eigenvalue weighted by atomic mass is 9.93. The van der Waals surface area contributed by atoms with E-state index >= 15 is 0 Å². The molecule has 1 unspecified atom stereocenters. The highest BCUT2D eigenvalue weighted by molar-refractivity contribution is 7.19. The zero-order valence-corrected chi connectivity index (χ0v) is 15.3. The molecule has 4 rings (SSSR count). The molecule has 0 radical (unpaired) electrons. The molecule has 0 bridgehead atoms. The lowest BCUT2D eigenvalue weighted by Gasteiger charge is -2.31. The van der Waals surface area contributed by atoms with Crippen molar-refractivity contribution in [1.82, 2.24) is 0 Å². The number of hydrogen-bond donors (Lipinski definition) is 2. The van der Waals surface area contributed by atoms with Crippen LogP contribution in [-0.4, -0.2) is 34.8 Å². The van der Waals surface area contributed by atoms with Gasteiger partial charge in [-0.3, -0.25) is 4.79 Å². The third-order valence-corrected chi connectivity index (χ3v) is 5.98. The second kappa shape index (κ2) is 7.48. The molecule has 6 heteroatoms. The van der Waals surface area contributed by atoms with E-state index in [1.165, 1.54) is 6.07 Å². The molecule has 0 spiro atoms. The van der Waals surface area contributed by atoms with E-state index in [4.69, 9.17) is 4.74 Å². The maximum absolute atomic E-state index is 14.4. The molecule has 1 aromatic heterocycles. The molecule has 2 aromatic carbocycles. The van der Waals surface area contributed by atoms with E-state index in [1.807, 2.05) is 24.3 Å². The Labute approximate surface area is 159 Å². The molecule has 1 fully saturated rings. The van der Waals surface area contributed by atoms with E-state index in [0.717, 1.165) is 15.0 Å². The van der Waals surface area contributed by atoms with Crippen molar-refractivity contribution >= 4 is 27.2 Å². The average Bonchev–Trinajstić information content (AvgIpc) is 3.08. The third-order valence-electron chi connectivity index (χ3n) is 4.86. The summed E-state index contributed by atoms with van der Waals surface area (Å²) in [7, 11) is 0. The van der Waals surface area contributed by atoms with Crippen molar-refractivity contribution in [3.63, 3.8) is 0 Å². The molecule has 1 saturated heterocycles. The van der Waals surface area contributed by atoms with E-state index in [2.05, 4.69) is 6.07 Å². The SMILES string of the molecule is O=C1C(O)C[C@H](c2ccc(F)c(Cc3cc4ccccc4s3)c2)O[C@@H]1CO. The number of rotatable bonds is 4. The van der Waals surface area contributed by atoms with E-state index in [9.17, 15) is 19.4 Å². The van der Waals surface area contributed by atoms with Crippen LogP contribution in [0.15, 0.2) is 48.5 Å².